The quantitative estimate of drug-likeness (QED) is 0.713. The van der Waals surface area contributed by atoms with Crippen LogP contribution in [0.15, 0.2) is 0 Å². The van der Waals surface area contributed by atoms with E-state index in [1.807, 2.05) is 0 Å². The molecule has 0 radical (unpaired) electrons. The monoisotopic (exact) mass is 217 g/mol. The minimum absolute atomic E-state index is 0.118. The standard InChI is InChI=1S/C10H19NO4/c1-10(2,3)15-9(13)11-8-6(12)5-7(8)14-4/h6-8,12H,5H2,1-4H3,(H,11,13)/t6-,7+,8+/m0/s1. The van der Waals surface area contributed by atoms with Gasteiger partial charge < -0.3 is 19.9 Å². The number of rotatable bonds is 2. The van der Waals surface area contributed by atoms with Crippen molar-refractivity contribution in [2.45, 2.75) is 51.0 Å². The van der Waals surface area contributed by atoms with E-state index < -0.39 is 17.8 Å². The van der Waals surface area contributed by atoms with Crippen molar-refractivity contribution in [1.82, 2.24) is 5.32 Å². The number of alkyl carbamates (subject to hydrolysis) is 1. The minimum Gasteiger partial charge on any atom is -0.444 e. The second-order valence-electron chi connectivity index (χ2n) is 4.75. The Morgan fingerprint density at radius 2 is 2.07 bits per heavy atom. The van der Waals surface area contributed by atoms with E-state index in [0.29, 0.717) is 6.42 Å². The third-order valence-corrected chi connectivity index (χ3v) is 2.28. The smallest absolute Gasteiger partial charge is 0.408 e. The maximum atomic E-state index is 11.4. The zero-order chi connectivity index (χ0) is 11.6. The zero-order valence-electron chi connectivity index (χ0n) is 9.61. The van der Waals surface area contributed by atoms with Gasteiger partial charge in [0.15, 0.2) is 0 Å². The normalized spacial score (nSPS) is 30.6. The van der Waals surface area contributed by atoms with Crippen LogP contribution in [0.25, 0.3) is 0 Å². The number of carbonyl (C=O) groups is 1. The first-order valence-corrected chi connectivity index (χ1v) is 5.04. The van der Waals surface area contributed by atoms with E-state index in [2.05, 4.69) is 5.32 Å². The van der Waals surface area contributed by atoms with Crippen molar-refractivity contribution in [1.29, 1.82) is 0 Å². The Kier molecular flexibility index (Phi) is 3.57. The van der Waals surface area contributed by atoms with Crippen LogP contribution in [0.5, 0.6) is 0 Å². The van der Waals surface area contributed by atoms with Gasteiger partial charge in [-0.15, -0.1) is 0 Å². The van der Waals surface area contributed by atoms with Gasteiger partial charge in [0.25, 0.3) is 0 Å². The Morgan fingerprint density at radius 1 is 1.47 bits per heavy atom. The van der Waals surface area contributed by atoms with Crippen LogP contribution in [0, 0.1) is 0 Å². The van der Waals surface area contributed by atoms with Crippen LogP contribution in [0.3, 0.4) is 0 Å². The first kappa shape index (κ1) is 12.3. The molecule has 5 heteroatoms. The summed E-state index contributed by atoms with van der Waals surface area (Å²) in [5, 5.41) is 12.0. The van der Waals surface area contributed by atoms with Crippen LogP contribution in [0.1, 0.15) is 27.2 Å². The van der Waals surface area contributed by atoms with Gasteiger partial charge >= 0.3 is 6.09 Å². The number of methoxy groups -OCH3 is 1. The number of carbonyl (C=O) groups excluding carboxylic acids is 1. The second kappa shape index (κ2) is 4.37. The Hall–Kier alpha value is -0.810. The fourth-order valence-corrected chi connectivity index (χ4v) is 1.46. The highest BCUT2D eigenvalue weighted by Crippen LogP contribution is 2.23. The Labute approximate surface area is 89.8 Å². The molecule has 1 aliphatic rings. The fraction of sp³-hybridized carbons (Fsp3) is 0.900. The zero-order valence-corrected chi connectivity index (χ0v) is 9.61. The van der Waals surface area contributed by atoms with Crippen molar-refractivity contribution in [2.24, 2.45) is 0 Å². The molecule has 0 unspecified atom stereocenters. The van der Waals surface area contributed by atoms with Gasteiger partial charge in [0.1, 0.15) is 5.60 Å². The average molecular weight is 217 g/mol. The number of hydrogen-bond donors (Lipinski definition) is 2. The van der Waals surface area contributed by atoms with Crippen LogP contribution in [0.2, 0.25) is 0 Å². The number of aliphatic hydroxyl groups excluding tert-OH is 1. The van der Waals surface area contributed by atoms with Crippen molar-refractivity contribution in [3.05, 3.63) is 0 Å². The highest BCUT2D eigenvalue weighted by molar-refractivity contribution is 5.68. The van der Waals surface area contributed by atoms with E-state index in [1.165, 1.54) is 0 Å². The third-order valence-electron chi connectivity index (χ3n) is 2.28. The molecule has 1 rings (SSSR count). The molecule has 88 valence electrons. The number of nitrogens with one attached hydrogen (secondary N) is 1. The van der Waals surface area contributed by atoms with Crippen LogP contribution in [-0.4, -0.2) is 42.2 Å². The van der Waals surface area contributed by atoms with Crippen molar-refractivity contribution in [2.75, 3.05) is 7.11 Å². The molecule has 15 heavy (non-hydrogen) atoms. The SMILES string of the molecule is CO[C@@H]1C[C@H](O)[C@H]1NC(=O)OC(C)(C)C. The van der Waals surface area contributed by atoms with E-state index in [4.69, 9.17) is 9.47 Å². The molecule has 1 saturated carbocycles. The molecule has 0 saturated heterocycles. The summed E-state index contributed by atoms with van der Waals surface area (Å²) in [6, 6.07) is -0.357. The first-order chi connectivity index (χ1) is 6.83. The molecule has 1 aliphatic carbocycles. The van der Waals surface area contributed by atoms with Gasteiger partial charge in [-0.2, -0.15) is 0 Å². The number of hydrogen-bond acceptors (Lipinski definition) is 4. The molecule has 0 aromatic heterocycles. The lowest BCUT2D eigenvalue weighted by atomic mass is 9.85. The molecule has 2 N–H and O–H groups in total. The molecule has 0 aromatic carbocycles. The lowest BCUT2D eigenvalue weighted by molar-refractivity contribution is -0.0849. The van der Waals surface area contributed by atoms with Crippen molar-refractivity contribution in [3.63, 3.8) is 0 Å². The molecular weight excluding hydrogens is 198 g/mol. The summed E-state index contributed by atoms with van der Waals surface area (Å²) in [5.74, 6) is 0. The molecule has 0 aliphatic heterocycles. The number of amides is 1. The van der Waals surface area contributed by atoms with Gasteiger partial charge in [-0.1, -0.05) is 0 Å². The Bertz CT molecular complexity index is 236. The maximum absolute atomic E-state index is 11.4. The Morgan fingerprint density at radius 3 is 2.47 bits per heavy atom. The molecule has 0 heterocycles. The minimum atomic E-state index is -0.539. The summed E-state index contributed by atoms with van der Waals surface area (Å²) >= 11 is 0. The largest absolute Gasteiger partial charge is 0.444 e. The summed E-state index contributed by atoms with van der Waals surface area (Å²) < 4.78 is 10.1. The first-order valence-electron chi connectivity index (χ1n) is 5.04. The van der Waals surface area contributed by atoms with Gasteiger partial charge in [-0.3, -0.25) is 0 Å². The molecule has 3 atom stereocenters. The predicted molar refractivity (Wildman–Crippen MR) is 54.6 cm³/mol. The van der Waals surface area contributed by atoms with Crippen LogP contribution >= 0.6 is 0 Å². The second-order valence-corrected chi connectivity index (χ2v) is 4.75. The van der Waals surface area contributed by atoms with Crippen molar-refractivity contribution in [3.8, 4) is 0 Å². The highest BCUT2D eigenvalue weighted by Gasteiger charge is 2.41. The molecule has 0 bridgehead atoms. The van der Waals surface area contributed by atoms with Gasteiger partial charge in [0.2, 0.25) is 0 Å². The Balaban J connectivity index is 2.38. The summed E-state index contributed by atoms with van der Waals surface area (Å²) in [5.41, 5.74) is -0.526. The molecular formula is C10H19NO4. The predicted octanol–water partition coefficient (Wildman–Crippen LogP) is 0.659. The molecule has 0 aromatic rings. The van der Waals surface area contributed by atoms with E-state index in [9.17, 15) is 9.90 Å². The molecule has 1 amide bonds. The van der Waals surface area contributed by atoms with Crippen LogP contribution in [0.4, 0.5) is 4.79 Å². The molecule has 0 spiro atoms. The lowest BCUT2D eigenvalue weighted by Crippen LogP contribution is -2.61. The summed E-state index contributed by atoms with van der Waals surface area (Å²) in [7, 11) is 1.56. The number of aliphatic hydroxyl groups is 1. The molecule has 5 nitrogen and oxygen atoms in total. The average Bonchev–Trinajstić information content (AvgIpc) is 2.07. The van der Waals surface area contributed by atoms with Gasteiger partial charge in [-0.25, -0.2) is 4.79 Å². The van der Waals surface area contributed by atoms with Gasteiger partial charge in [-0.05, 0) is 20.8 Å². The lowest BCUT2D eigenvalue weighted by Gasteiger charge is -2.40. The fourth-order valence-electron chi connectivity index (χ4n) is 1.46. The van der Waals surface area contributed by atoms with Crippen LogP contribution < -0.4 is 5.32 Å². The topological polar surface area (TPSA) is 67.8 Å². The third kappa shape index (κ3) is 3.35. The summed E-state index contributed by atoms with van der Waals surface area (Å²) in [6.45, 7) is 5.37. The van der Waals surface area contributed by atoms with Gasteiger partial charge in [0, 0.05) is 13.5 Å². The summed E-state index contributed by atoms with van der Waals surface area (Å²) in [4.78, 5) is 11.4. The van der Waals surface area contributed by atoms with Crippen molar-refractivity contribution < 1.29 is 19.4 Å². The maximum Gasteiger partial charge on any atom is 0.408 e. The van der Waals surface area contributed by atoms with E-state index in [-0.39, 0.29) is 12.1 Å². The van der Waals surface area contributed by atoms with Crippen molar-refractivity contribution >= 4 is 6.09 Å². The van der Waals surface area contributed by atoms with E-state index in [0.717, 1.165) is 0 Å². The van der Waals surface area contributed by atoms with Crippen LogP contribution in [-0.2, 0) is 9.47 Å². The van der Waals surface area contributed by atoms with E-state index >= 15 is 0 Å². The number of ether oxygens (including phenoxy) is 2. The van der Waals surface area contributed by atoms with E-state index in [1.54, 1.807) is 27.9 Å². The summed E-state index contributed by atoms with van der Waals surface area (Å²) in [6.07, 6.45) is -0.625. The highest BCUT2D eigenvalue weighted by atomic mass is 16.6. The van der Waals surface area contributed by atoms with Gasteiger partial charge in [0.05, 0.1) is 18.2 Å². The molecule has 1 fully saturated rings.